The zero-order valence-corrected chi connectivity index (χ0v) is 12.7. The van der Waals surface area contributed by atoms with Gasteiger partial charge in [-0.3, -0.25) is 4.98 Å². The standard InChI is InChI=1S/C19H24N2/c1-15-7-9-18(10-8-15)21-19(16-5-3-2-4-6-16)17-11-13-20-14-12-17/h2-6,11-15,18-19,21H,7-10H2,1H3. The molecular formula is C19H24N2. The van der Waals surface area contributed by atoms with Crippen molar-refractivity contribution >= 4 is 0 Å². The van der Waals surface area contributed by atoms with Crippen molar-refractivity contribution in [3.63, 3.8) is 0 Å². The van der Waals surface area contributed by atoms with Gasteiger partial charge in [-0.2, -0.15) is 0 Å². The van der Waals surface area contributed by atoms with Crippen LogP contribution >= 0.6 is 0 Å². The second-order valence-electron chi connectivity index (χ2n) is 6.25. The number of nitrogens with one attached hydrogen (secondary N) is 1. The second-order valence-corrected chi connectivity index (χ2v) is 6.25. The molecule has 0 bridgehead atoms. The summed E-state index contributed by atoms with van der Waals surface area (Å²) in [6, 6.07) is 15.9. The molecule has 1 saturated carbocycles. The van der Waals surface area contributed by atoms with Gasteiger partial charge in [0.15, 0.2) is 0 Å². The van der Waals surface area contributed by atoms with E-state index in [1.54, 1.807) is 0 Å². The van der Waals surface area contributed by atoms with E-state index in [1.807, 2.05) is 12.4 Å². The summed E-state index contributed by atoms with van der Waals surface area (Å²) in [5, 5.41) is 3.88. The van der Waals surface area contributed by atoms with E-state index in [1.165, 1.54) is 36.8 Å². The molecule has 1 unspecified atom stereocenters. The van der Waals surface area contributed by atoms with Gasteiger partial charge in [0, 0.05) is 18.4 Å². The summed E-state index contributed by atoms with van der Waals surface area (Å²) >= 11 is 0. The van der Waals surface area contributed by atoms with Crippen molar-refractivity contribution in [2.24, 2.45) is 5.92 Å². The van der Waals surface area contributed by atoms with Crippen molar-refractivity contribution in [3.8, 4) is 0 Å². The molecule has 0 spiro atoms. The van der Waals surface area contributed by atoms with Gasteiger partial charge in [0.1, 0.15) is 0 Å². The number of hydrogen-bond donors (Lipinski definition) is 1. The van der Waals surface area contributed by atoms with Crippen molar-refractivity contribution in [1.29, 1.82) is 0 Å². The third-order valence-corrected chi connectivity index (χ3v) is 4.59. The van der Waals surface area contributed by atoms with Crippen LogP contribution in [0.25, 0.3) is 0 Å². The van der Waals surface area contributed by atoms with E-state index in [-0.39, 0.29) is 6.04 Å². The molecular weight excluding hydrogens is 256 g/mol. The predicted molar refractivity (Wildman–Crippen MR) is 87.1 cm³/mol. The van der Waals surface area contributed by atoms with Gasteiger partial charge in [0.2, 0.25) is 0 Å². The Kier molecular flexibility index (Phi) is 4.66. The topological polar surface area (TPSA) is 24.9 Å². The fraction of sp³-hybridized carbons (Fsp3) is 0.421. The lowest BCUT2D eigenvalue weighted by Crippen LogP contribution is -2.36. The van der Waals surface area contributed by atoms with E-state index in [4.69, 9.17) is 0 Å². The molecule has 1 heterocycles. The van der Waals surface area contributed by atoms with Crippen LogP contribution in [0.1, 0.15) is 49.8 Å². The molecule has 1 atom stereocenters. The lowest BCUT2D eigenvalue weighted by Gasteiger charge is -2.31. The first-order chi connectivity index (χ1) is 10.3. The lowest BCUT2D eigenvalue weighted by atomic mass is 9.86. The van der Waals surface area contributed by atoms with Crippen LogP contribution in [0.15, 0.2) is 54.9 Å². The first-order valence-corrected chi connectivity index (χ1v) is 8.04. The van der Waals surface area contributed by atoms with Gasteiger partial charge < -0.3 is 5.32 Å². The Labute approximate surface area is 127 Å². The van der Waals surface area contributed by atoms with Crippen molar-refractivity contribution in [2.45, 2.75) is 44.7 Å². The minimum atomic E-state index is 0.271. The van der Waals surface area contributed by atoms with E-state index in [0.717, 1.165) is 5.92 Å². The summed E-state index contributed by atoms with van der Waals surface area (Å²) in [5.41, 5.74) is 2.64. The third kappa shape index (κ3) is 3.70. The number of hydrogen-bond acceptors (Lipinski definition) is 2. The van der Waals surface area contributed by atoms with Gasteiger partial charge in [-0.15, -0.1) is 0 Å². The Balaban J connectivity index is 1.80. The van der Waals surface area contributed by atoms with E-state index in [0.29, 0.717) is 6.04 Å². The molecule has 0 saturated heterocycles. The van der Waals surface area contributed by atoms with E-state index in [2.05, 4.69) is 59.7 Å². The van der Waals surface area contributed by atoms with Crippen LogP contribution in [0.3, 0.4) is 0 Å². The molecule has 1 aliphatic carbocycles. The number of benzene rings is 1. The lowest BCUT2D eigenvalue weighted by molar-refractivity contribution is 0.296. The van der Waals surface area contributed by atoms with Gasteiger partial charge >= 0.3 is 0 Å². The first-order valence-electron chi connectivity index (χ1n) is 8.04. The van der Waals surface area contributed by atoms with Crippen molar-refractivity contribution < 1.29 is 0 Å². The van der Waals surface area contributed by atoms with Crippen LogP contribution in [0.4, 0.5) is 0 Å². The number of nitrogens with zero attached hydrogens (tertiary/aromatic N) is 1. The molecule has 0 aliphatic heterocycles. The molecule has 2 nitrogen and oxygen atoms in total. The Morgan fingerprint density at radius 3 is 2.19 bits per heavy atom. The Hall–Kier alpha value is -1.67. The molecule has 110 valence electrons. The van der Waals surface area contributed by atoms with Crippen LogP contribution in [0.5, 0.6) is 0 Å². The fourth-order valence-electron chi connectivity index (χ4n) is 3.25. The predicted octanol–water partition coefficient (Wildman–Crippen LogP) is 4.34. The van der Waals surface area contributed by atoms with Gasteiger partial charge in [-0.1, -0.05) is 37.3 Å². The third-order valence-electron chi connectivity index (χ3n) is 4.59. The molecule has 1 fully saturated rings. The summed E-state index contributed by atoms with van der Waals surface area (Å²) in [6.45, 7) is 2.37. The first kappa shape index (κ1) is 14.3. The van der Waals surface area contributed by atoms with Crippen LogP contribution in [-0.2, 0) is 0 Å². The molecule has 0 amide bonds. The maximum atomic E-state index is 4.15. The SMILES string of the molecule is CC1CCC(NC(c2ccccc2)c2ccncc2)CC1. The van der Waals surface area contributed by atoms with Crippen LogP contribution < -0.4 is 5.32 Å². The summed E-state index contributed by atoms with van der Waals surface area (Å²) < 4.78 is 0. The van der Waals surface area contributed by atoms with Crippen LogP contribution in [0, 0.1) is 5.92 Å². The van der Waals surface area contributed by atoms with Gasteiger partial charge in [-0.05, 0) is 54.9 Å². The average molecular weight is 280 g/mol. The summed E-state index contributed by atoms with van der Waals surface area (Å²) in [6.07, 6.45) is 9.03. The molecule has 1 aromatic carbocycles. The normalized spacial score (nSPS) is 23.7. The van der Waals surface area contributed by atoms with E-state index in [9.17, 15) is 0 Å². The molecule has 1 aliphatic rings. The zero-order valence-electron chi connectivity index (χ0n) is 12.7. The highest BCUT2D eigenvalue weighted by molar-refractivity contribution is 5.30. The van der Waals surface area contributed by atoms with E-state index < -0.39 is 0 Å². The van der Waals surface area contributed by atoms with Crippen LogP contribution in [-0.4, -0.2) is 11.0 Å². The second kappa shape index (κ2) is 6.86. The minimum absolute atomic E-state index is 0.271. The summed E-state index contributed by atoms with van der Waals surface area (Å²) in [4.78, 5) is 4.15. The van der Waals surface area contributed by atoms with Crippen LogP contribution in [0.2, 0.25) is 0 Å². The van der Waals surface area contributed by atoms with Gasteiger partial charge in [0.25, 0.3) is 0 Å². The summed E-state index contributed by atoms with van der Waals surface area (Å²) in [5.74, 6) is 0.888. The number of rotatable bonds is 4. The Morgan fingerprint density at radius 1 is 0.905 bits per heavy atom. The molecule has 1 aromatic heterocycles. The molecule has 2 aromatic rings. The van der Waals surface area contributed by atoms with Crippen molar-refractivity contribution in [2.75, 3.05) is 0 Å². The highest BCUT2D eigenvalue weighted by atomic mass is 15.0. The molecule has 0 radical (unpaired) electrons. The molecule has 2 heteroatoms. The zero-order chi connectivity index (χ0) is 14.5. The number of aromatic nitrogens is 1. The highest BCUT2D eigenvalue weighted by Gasteiger charge is 2.22. The monoisotopic (exact) mass is 280 g/mol. The van der Waals surface area contributed by atoms with Crippen molar-refractivity contribution in [3.05, 3.63) is 66.0 Å². The maximum absolute atomic E-state index is 4.15. The fourth-order valence-corrected chi connectivity index (χ4v) is 3.25. The molecule has 21 heavy (non-hydrogen) atoms. The van der Waals surface area contributed by atoms with Crippen molar-refractivity contribution in [1.82, 2.24) is 10.3 Å². The quantitative estimate of drug-likeness (QED) is 0.901. The Morgan fingerprint density at radius 2 is 1.52 bits per heavy atom. The van der Waals surface area contributed by atoms with Gasteiger partial charge in [-0.25, -0.2) is 0 Å². The minimum Gasteiger partial charge on any atom is -0.303 e. The Bertz CT molecular complexity index is 491. The summed E-state index contributed by atoms with van der Waals surface area (Å²) in [7, 11) is 0. The highest BCUT2D eigenvalue weighted by Crippen LogP contribution is 2.28. The van der Waals surface area contributed by atoms with Gasteiger partial charge in [0.05, 0.1) is 6.04 Å². The molecule has 1 N–H and O–H groups in total. The van der Waals surface area contributed by atoms with E-state index >= 15 is 0 Å². The average Bonchev–Trinajstić information content (AvgIpc) is 2.56. The maximum Gasteiger partial charge on any atom is 0.0579 e. The largest absolute Gasteiger partial charge is 0.303 e. The number of pyridine rings is 1. The smallest absolute Gasteiger partial charge is 0.0579 e. The molecule has 3 rings (SSSR count).